The van der Waals surface area contributed by atoms with Crippen LogP contribution in [0.5, 0.6) is 0 Å². The second-order valence-electron chi connectivity index (χ2n) is 8.97. The van der Waals surface area contributed by atoms with Crippen LogP contribution in [0.2, 0.25) is 0 Å². The Morgan fingerprint density at radius 1 is 1.07 bits per heavy atom. The highest BCUT2D eigenvalue weighted by atomic mass is 16.6. The number of aliphatic hydroxyl groups is 1. The number of hydrogen-bond donors (Lipinski definition) is 1. The van der Waals surface area contributed by atoms with Crippen molar-refractivity contribution in [2.45, 2.75) is 44.8 Å². The van der Waals surface area contributed by atoms with E-state index in [1.54, 1.807) is 0 Å². The number of rotatable bonds is 5. The Kier molecular flexibility index (Phi) is 6.63. The molecule has 1 unspecified atom stereocenters. The molecule has 6 heteroatoms. The fraction of sp³-hybridized carbons (Fsp3) is 0.682. The number of carbonyl (C=O) groups is 1. The molecule has 0 aromatic heterocycles. The standard InChI is InChI=1S/C22H35N3O3/c1-21(2,3)28-20(27)25-11-7-10-22(25,19-8-5-4-6-9-19)18-24-14-12-23(13-15-24)16-17-26/h4-6,8-9,26H,7,10-18H2,1-3H3. The second-order valence-corrected chi connectivity index (χ2v) is 8.97. The summed E-state index contributed by atoms with van der Waals surface area (Å²) in [5.41, 5.74) is 0.344. The fourth-order valence-electron chi connectivity index (χ4n) is 4.45. The maximum Gasteiger partial charge on any atom is 0.411 e. The van der Waals surface area contributed by atoms with Gasteiger partial charge in [0.15, 0.2) is 0 Å². The molecule has 3 rings (SSSR count). The average Bonchev–Trinajstić information content (AvgIpc) is 3.08. The van der Waals surface area contributed by atoms with Crippen molar-refractivity contribution in [3.05, 3.63) is 35.9 Å². The minimum atomic E-state index is -0.502. The summed E-state index contributed by atoms with van der Waals surface area (Å²) >= 11 is 0. The van der Waals surface area contributed by atoms with Gasteiger partial charge in [0.25, 0.3) is 0 Å². The first-order chi connectivity index (χ1) is 13.3. The first-order valence-electron chi connectivity index (χ1n) is 10.5. The van der Waals surface area contributed by atoms with E-state index in [0.29, 0.717) is 0 Å². The fourth-order valence-corrected chi connectivity index (χ4v) is 4.45. The van der Waals surface area contributed by atoms with E-state index >= 15 is 0 Å². The monoisotopic (exact) mass is 389 g/mol. The third kappa shape index (κ3) is 4.85. The molecule has 2 aliphatic rings. The Morgan fingerprint density at radius 2 is 1.71 bits per heavy atom. The number of carbonyl (C=O) groups excluding carboxylic acids is 1. The van der Waals surface area contributed by atoms with Crippen LogP contribution in [0.15, 0.2) is 30.3 Å². The topological polar surface area (TPSA) is 56.2 Å². The molecule has 0 spiro atoms. The van der Waals surface area contributed by atoms with Crippen LogP contribution in [-0.4, -0.2) is 83.9 Å². The molecule has 2 saturated heterocycles. The zero-order valence-electron chi connectivity index (χ0n) is 17.6. The van der Waals surface area contributed by atoms with Crippen LogP contribution < -0.4 is 0 Å². The quantitative estimate of drug-likeness (QED) is 0.839. The lowest BCUT2D eigenvalue weighted by atomic mass is 9.86. The minimum Gasteiger partial charge on any atom is -0.444 e. The highest BCUT2D eigenvalue weighted by molar-refractivity contribution is 5.70. The molecule has 1 N–H and O–H groups in total. The lowest BCUT2D eigenvalue weighted by molar-refractivity contribution is -0.00531. The first-order valence-corrected chi connectivity index (χ1v) is 10.5. The summed E-state index contributed by atoms with van der Waals surface area (Å²) in [4.78, 5) is 19.8. The van der Waals surface area contributed by atoms with Gasteiger partial charge in [0.2, 0.25) is 0 Å². The van der Waals surface area contributed by atoms with Crippen molar-refractivity contribution in [3.63, 3.8) is 0 Å². The van der Waals surface area contributed by atoms with E-state index in [9.17, 15) is 9.90 Å². The number of aliphatic hydroxyl groups excluding tert-OH is 1. The highest BCUT2D eigenvalue weighted by Gasteiger charge is 2.47. The summed E-state index contributed by atoms with van der Waals surface area (Å²) in [6.07, 6.45) is 1.72. The molecule has 0 bridgehead atoms. The van der Waals surface area contributed by atoms with Crippen molar-refractivity contribution < 1.29 is 14.6 Å². The SMILES string of the molecule is CC(C)(C)OC(=O)N1CCCC1(CN1CCN(CCO)CC1)c1ccccc1. The number of nitrogens with zero attached hydrogens (tertiary/aromatic N) is 3. The van der Waals surface area contributed by atoms with E-state index in [-0.39, 0.29) is 18.2 Å². The molecule has 2 fully saturated rings. The third-order valence-electron chi connectivity index (χ3n) is 5.78. The molecular weight excluding hydrogens is 354 g/mol. The van der Waals surface area contributed by atoms with Crippen LogP contribution in [0.25, 0.3) is 0 Å². The highest BCUT2D eigenvalue weighted by Crippen LogP contribution is 2.40. The zero-order chi connectivity index (χ0) is 20.2. The molecular formula is C22H35N3O3. The molecule has 1 amide bonds. The first kappa shape index (κ1) is 21.1. The van der Waals surface area contributed by atoms with E-state index in [1.807, 2.05) is 31.7 Å². The van der Waals surface area contributed by atoms with Gasteiger partial charge in [-0.1, -0.05) is 30.3 Å². The summed E-state index contributed by atoms with van der Waals surface area (Å²) in [7, 11) is 0. The minimum absolute atomic E-state index is 0.209. The zero-order valence-corrected chi connectivity index (χ0v) is 17.6. The van der Waals surface area contributed by atoms with E-state index in [1.165, 1.54) is 5.56 Å². The Labute approximate surface area is 169 Å². The number of amides is 1. The lowest BCUT2D eigenvalue weighted by Crippen LogP contribution is -2.56. The van der Waals surface area contributed by atoms with Crippen LogP contribution in [0.4, 0.5) is 4.79 Å². The van der Waals surface area contributed by atoms with Crippen molar-refractivity contribution in [1.82, 2.24) is 14.7 Å². The number of hydrogen-bond acceptors (Lipinski definition) is 5. The van der Waals surface area contributed by atoms with Gasteiger partial charge < -0.3 is 9.84 Å². The van der Waals surface area contributed by atoms with Crippen LogP contribution in [0.1, 0.15) is 39.2 Å². The van der Waals surface area contributed by atoms with Crippen LogP contribution in [0.3, 0.4) is 0 Å². The van der Waals surface area contributed by atoms with Gasteiger partial charge in [-0.05, 0) is 39.2 Å². The van der Waals surface area contributed by atoms with Gasteiger partial charge in [-0.2, -0.15) is 0 Å². The molecule has 2 aliphatic heterocycles. The van der Waals surface area contributed by atoms with Crippen molar-refractivity contribution in [3.8, 4) is 0 Å². The van der Waals surface area contributed by atoms with Crippen LogP contribution in [0, 0.1) is 0 Å². The molecule has 156 valence electrons. The van der Waals surface area contributed by atoms with Gasteiger partial charge in [0.1, 0.15) is 5.60 Å². The van der Waals surface area contributed by atoms with Gasteiger partial charge in [0.05, 0.1) is 12.1 Å². The molecule has 6 nitrogen and oxygen atoms in total. The summed E-state index contributed by atoms with van der Waals surface area (Å²) < 4.78 is 5.77. The van der Waals surface area contributed by atoms with E-state index in [4.69, 9.17) is 4.74 Å². The predicted molar refractivity (Wildman–Crippen MR) is 110 cm³/mol. The smallest absolute Gasteiger partial charge is 0.411 e. The summed E-state index contributed by atoms with van der Waals surface area (Å²) in [6.45, 7) is 12.1. The predicted octanol–water partition coefficient (Wildman–Crippen LogP) is 2.52. The Hall–Kier alpha value is -1.63. The molecule has 1 aromatic carbocycles. The lowest BCUT2D eigenvalue weighted by Gasteiger charge is -2.44. The van der Waals surface area contributed by atoms with Gasteiger partial charge >= 0.3 is 6.09 Å². The number of β-amino-alcohol motifs (C(OH)–C–C–N with tert-alkyl or cyclic N) is 1. The maximum absolute atomic E-state index is 13.1. The van der Waals surface area contributed by atoms with Gasteiger partial charge in [-0.25, -0.2) is 4.79 Å². The molecule has 1 aromatic rings. The Balaban J connectivity index is 1.82. The number of benzene rings is 1. The molecule has 0 saturated carbocycles. The van der Waals surface area contributed by atoms with Gasteiger partial charge in [-0.3, -0.25) is 14.7 Å². The molecule has 0 radical (unpaired) electrons. The Morgan fingerprint density at radius 3 is 2.32 bits per heavy atom. The Bertz CT molecular complexity index is 638. The van der Waals surface area contributed by atoms with Gasteiger partial charge in [-0.15, -0.1) is 0 Å². The van der Waals surface area contributed by atoms with Crippen LogP contribution in [-0.2, 0) is 10.3 Å². The van der Waals surface area contributed by atoms with E-state index < -0.39 is 5.60 Å². The molecule has 0 aliphatic carbocycles. The van der Waals surface area contributed by atoms with E-state index in [2.05, 4.69) is 34.1 Å². The second kappa shape index (κ2) is 8.80. The molecule has 28 heavy (non-hydrogen) atoms. The van der Waals surface area contributed by atoms with Crippen molar-refractivity contribution in [2.75, 3.05) is 52.4 Å². The maximum atomic E-state index is 13.1. The third-order valence-corrected chi connectivity index (χ3v) is 5.78. The summed E-state index contributed by atoms with van der Waals surface area (Å²) in [5.74, 6) is 0. The number of ether oxygens (including phenoxy) is 1. The summed E-state index contributed by atoms with van der Waals surface area (Å²) in [6, 6.07) is 10.4. The summed E-state index contributed by atoms with van der Waals surface area (Å²) in [5, 5.41) is 9.18. The van der Waals surface area contributed by atoms with Gasteiger partial charge in [0, 0.05) is 45.8 Å². The largest absolute Gasteiger partial charge is 0.444 e. The van der Waals surface area contributed by atoms with Crippen LogP contribution >= 0.6 is 0 Å². The number of piperazine rings is 1. The van der Waals surface area contributed by atoms with Crippen molar-refractivity contribution in [1.29, 1.82) is 0 Å². The molecule has 1 atom stereocenters. The average molecular weight is 390 g/mol. The van der Waals surface area contributed by atoms with Crippen molar-refractivity contribution >= 4 is 6.09 Å². The van der Waals surface area contributed by atoms with Crippen molar-refractivity contribution in [2.24, 2.45) is 0 Å². The normalized spacial score (nSPS) is 24.5. The number of likely N-dealkylation sites (tertiary alicyclic amines) is 1. The molecule has 2 heterocycles. The van der Waals surface area contributed by atoms with E-state index in [0.717, 1.165) is 58.7 Å².